The van der Waals surface area contributed by atoms with Crippen LogP contribution in [-0.4, -0.2) is 19.9 Å². The first-order chi connectivity index (χ1) is 27.7. The molecule has 0 spiro atoms. The van der Waals surface area contributed by atoms with Gasteiger partial charge in [0.2, 0.25) is 0 Å². The number of hydrogen-bond acceptors (Lipinski definition) is 4. The highest BCUT2D eigenvalue weighted by molar-refractivity contribution is 6.18. The summed E-state index contributed by atoms with van der Waals surface area (Å²) in [5.41, 5.74) is 12.6. The molecule has 0 unspecified atom stereocenters. The second-order valence-corrected chi connectivity index (χ2v) is 13.9. The lowest BCUT2D eigenvalue weighted by atomic mass is 9.89. The van der Waals surface area contributed by atoms with Crippen molar-refractivity contribution in [2.45, 2.75) is 0 Å². The largest absolute Gasteiger partial charge is 0.248 e. The van der Waals surface area contributed by atoms with E-state index in [-0.39, 0.29) is 0 Å². The average molecular weight is 715 g/mol. The van der Waals surface area contributed by atoms with E-state index < -0.39 is 0 Å². The van der Waals surface area contributed by atoms with Gasteiger partial charge in [-0.2, -0.15) is 0 Å². The van der Waals surface area contributed by atoms with Gasteiger partial charge in [0.1, 0.15) is 0 Å². The van der Waals surface area contributed by atoms with E-state index >= 15 is 0 Å². The zero-order chi connectivity index (χ0) is 37.3. The van der Waals surface area contributed by atoms with Gasteiger partial charge in [-0.3, -0.25) is 0 Å². The van der Waals surface area contributed by atoms with E-state index in [2.05, 4.69) is 140 Å². The third-order valence-corrected chi connectivity index (χ3v) is 10.3. The van der Waals surface area contributed by atoms with E-state index in [4.69, 9.17) is 19.9 Å². The van der Waals surface area contributed by atoms with Crippen LogP contribution in [0.25, 0.3) is 100 Å². The predicted molar refractivity (Wildman–Crippen MR) is 231 cm³/mol. The van der Waals surface area contributed by atoms with Crippen LogP contribution in [0.1, 0.15) is 0 Å². The van der Waals surface area contributed by atoms with Crippen LogP contribution in [0.2, 0.25) is 0 Å². The molecule has 0 aliphatic carbocycles. The summed E-state index contributed by atoms with van der Waals surface area (Å²) in [5.74, 6) is 1.92. The number of aromatic nitrogens is 4. The Kier molecular flexibility index (Phi) is 8.47. The molecule has 0 aliphatic rings. The molecule has 0 saturated carbocycles. The zero-order valence-corrected chi connectivity index (χ0v) is 30.4. The Morgan fingerprint density at radius 3 is 1.27 bits per heavy atom. The van der Waals surface area contributed by atoms with Gasteiger partial charge in [-0.15, -0.1) is 0 Å². The van der Waals surface area contributed by atoms with Gasteiger partial charge < -0.3 is 0 Å². The molecule has 10 aromatic rings. The summed E-state index contributed by atoms with van der Waals surface area (Å²) in [6.45, 7) is 0. The molecule has 56 heavy (non-hydrogen) atoms. The summed E-state index contributed by atoms with van der Waals surface area (Å²) in [5, 5.41) is 3.52. The number of hydrogen-bond donors (Lipinski definition) is 0. The lowest BCUT2D eigenvalue weighted by Crippen LogP contribution is -2.00. The van der Waals surface area contributed by atoms with Crippen LogP contribution in [0, 0.1) is 0 Å². The summed E-state index contributed by atoms with van der Waals surface area (Å²) in [4.78, 5) is 20.2. The Morgan fingerprint density at radius 2 is 0.679 bits per heavy atom. The SMILES string of the molecule is c1ccc(-c2cc(-c3ccccc3)c3c(cc(-c4cccc(-c5cccc(-c6nc(-c7ccccc7)nc(-c7ccccc7)n6)c5)c4)c4ccccc43)n2)cc1. The minimum absolute atomic E-state index is 0.630. The maximum absolute atomic E-state index is 5.33. The summed E-state index contributed by atoms with van der Waals surface area (Å²) in [6, 6.07) is 71.8. The third-order valence-electron chi connectivity index (χ3n) is 10.3. The van der Waals surface area contributed by atoms with Gasteiger partial charge in [-0.1, -0.05) is 182 Å². The van der Waals surface area contributed by atoms with Crippen LogP contribution in [-0.2, 0) is 0 Å². The van der Waals surface area contributed by atoms with Crippen LogP contribution in [0.5, 0.6) is 0 Å². The second-order valence-electron chi connectivity index (χ2n) is 13.9. The van der Waals surface area contributed by atoms with E-state index in [0.29, 0.717) is 17.5 Å². The van der Waals surface area contributed by atoms with Crippen molar-refractivity contribution in [3.8, 4) is 78.8 Å². The van der Waals surface area contributed by atoms with Crippen molar-refractivity contribution in [2.75, 3.05) is 0 Å². The first-order valence-corrected chi connectivity index (χ1v) is 18.8. The molecule has 0 saturated heterocycles. The van der Waals surface area contributed by atoms with Crippen molar-refractivity contribution >= 4 is 21.7 Å². The molecule has 0 bridgehead atoms. The molecule has 2 aromatic heterocycles. The van der Waals surface area contributed by atoms with Crippen LogP contribution >= 0.6 is 0 Å². The van der Waals surface area contributed by atoms with Gasteiger partial charge >= 0.3 is 0 Å². The monoisotopic (exact) mass is 714 g/mol. The molecule has 10 rings (SSSR count). The highest BCUT2D eigenvalue weighted by atomic mass is 15.0. The minimum Gasteiger partial charge on any atom is -0.248 e. The number of fused-ring (bicyclic) bond motifs is 3. The molecule has 0 N–H and O–H groups in total. The molecule has 0 atom stereocenters. The molecule has 2 heterocycles. The fraction of sp³-hybridized carbons (Fsp3) is 0. The number of nitrogens with zero attached hydrogens (tertiary/aromatic N) is 4. The summed E-state index contributed by atoms with van der Waals surface area (Å²) < 4.78 is 0. The van der Waals surface area contributed by atoms with E-state index in [9.17, 15) is 0 Å². The predicted octanol–water partition coefficient (Wildman–Crippen LogP) is 13.2. The van der Waals surface area contributed by atoms with Gasteiger partial charge in [-0.25, -0.2) is 19.9 Å². The van der Waals surface area contributed by atoms with E-state index in [1.807, 2.05) is 66.7 Å². The smallest absolute Gasteiger partial charge is 0.164 e. The number of rotatable bonds is 7. The minimum atomic E-state index is 0.630. The fourth-order valence-electron chi connectivity index (χ4n) is 7.59. The molecule has 0 aliphatic heterocycles. The lowest BCUT2D eigenvalue weighted by molar-refractivity contribution is 1.07. The van der Waals surface area contributed by atoms with Crippen molar-refractivity contribution in [1.82, 2.24) is 19.9 Å². The molecule has 8 aromatic carbocycles. The Morgan fingerprint density at radius 1 is 0.250 bits per heavy atom. The molecule has 4 nitrogen and oxygen atoms in total. The van der Waals surface area contributed by atoms with Gasteiger partial charge in [-0.05, 0) is 68.4 Å². The molecular weight excluding hydrogens is 681 g/mol. The Labute approximate surface area is 325 Å². The lowest BCUT2D eigenvalue weighted by Gasteiger charge is -2.16. The van der Waals surface area contributed by atoms with Gasteiger partial charge in [0.05, 0.1) is 11.2 Å². The highest BCUT2D eigenvalue weighted by Gasteiger charge is 2.17. The maximum atomic E-state index is 5.33. The molecule has 4 heteroatoms. The van der Waals surface area contributed by atoms with E-state index in [1.54, 1.807) is 0 Å². The standard InChI is InChI=1S/C52H34N4/c1-5-17-35(18-6-1)46-34-47(36-19-7-2-8-20-36)53-48-33-45(43-29-13-14-30-44(43)49(46)48)41-27-15-25-39(31-41)40-26-16-28-42(32-40)52-55-50(37-21-9-3-10-22-37)54-51(56-52)38-23-11-4-12-24-38/h1-34H. The van der Waals surface area contributed by atoms with Crippen LogP contribution in [0.15, 0.2) is 206 Å². The molecule has 262 valence electrons. The Hall–Kier alpha value is -7.56. The van der Waals surface area contributed by atoms with Crippen LogP contribution < -0.4 is 0 Å². The summed E-state index contributed by atoms with van der Waals surface area (Å²) in [7, 11) is 0. The second kappa shape index (κ2) is 14.3. The molecule has 0 fully saturated rings. The molecule has 0 amide bonds. The van der Waals surface area contributed by atoms with Crippen LogP contribution in [0.4, 0.5) is 0 Å². The van der Waals surface area contributed by atoms with Crippen molar-refractivity contribution in [1.29, 1.82) is 0 Å². The number of pyridine rings is 1. The van der Waals surface area contributed by atoms with E-state index in [0.717, 1.165) is 61.1 Å². The van der Waals surface area contributed by atoms with Crippen LogP contribution in [0.3, 0.4) is 0 Å². The first kappa shape index (κ1) is 33.0. The summed E-state index contributed by atoms with van der Waals surface area (Å²) >= 11 is 0. The molecule has 0 radical (unpaired) electrons. The van der Waals surface area contributed by atoms with Gasteiger partial charge in [0.15, 0.2) is 17.5 Å². The van der Waals surface area contributed by atoms with Crippen molar-refractivity contribution in [3.63, 3.8) is 0 Å². The quantitative estimate of drug-likeness (QED) is 0.154. The average Bonchev–Trinajstić information content (AvgIpc) is 3.29. The first-order valence-electron chi connectivity index (χ1n) is 18.8. The fourth-order valence-corrected chi connectivity index (χ4v) is 7.59. The Balaban J connectivity index is 1.11. The Bertz CT molecular complexity index is 2940. The summed E-state index contributed by atoms with van der Waals surface area (Å²) in [6.07, 6.45) is 0. The normalized spacial score (nSPS) is 11.2. The molecular formula is C52H34N4. The topological polar surface area (TPSA) is 51.6 Å². The van der Waals surface area contributed by atoms with E-state index in [1.165, 1.54) is 21.9 Å². The van der Waals surface area contributed by atoms with Crippen molar-refractivity contribution in [3.05, 3.63) is 206 Å². The van der Waals surface area contributed by atoms with Gasteiger partial charge in [0.25, 0.3) is 0 Å². The van der Waals surface area contributed by atoms with Crippen molar-refractivity contribution < 1.29 is 0 Å². The third kappa shape index (κ3) is 6.29. The maximum Gasteiger partial charge on any atom is 0.164 e. The zero-order valence-electron chi connectivity index (χ0n) is 30.4. The number of benzene rings is 8. The highest BCUT2D eigenvalue weighted by Crippen LogP contribution is 2.41. The van der Waals surface area contributed by atoms with Gasteiger partial charge in [0, 0.05) is 27.6 Å². The van der Waals surface area contributed by atoms with Crippen molar-refractivity contribution in [2.24, 2.45) is 0 Å².